The van der Waals surface area contributed by atoms with Crippen molar-refractivity contribution in [1.82, 2.24) is 19.3 Å². The first-order valence-corrected chi connectivity index (χ1v) is 11.6. The molecule has 0 saturated carbocycles. The second-order valence-electron chi connectivity index (χ2n) is 7.66. The van der Waals surface area contributed by atoms with Crippen molar-refractivity contribution in [3.8, 4) is 11.8 Å². The van der Waals surface area contributed by atoms with Crippen molar-refractivity contribution in [2.45, 2.75) is 17.6 Å². The molecule has 174 valence electrons. The van der Waals surface area contributed by atoms with E-state index in [0.29, 0.717) is 32.7 Å². The molecule has 0 fully saturated rings. The monoisotopic (exact) mass is 507 g/mol. The van der Waals surface area contributed by atoms with Crippen LogP contribution in [0.5, 0.6) is 0 Å². The average Bonchev–Trinajstić information content (AvgIpc) is 3.44. The maximum Gasteiger partial charge on any atom is 0.270 e. The number of anilines is 1. The third-order valence-electron chi connectivity index (χ3n) is 5.45. The van der Waals surface area contributed by atoms with Gasteiger partial charge in [-0.3, -0.25) is 24.3 Å². The molecular formula is C22H14ClN7O4S. The molecule has 11 nitrogen and oxygen atoms in total. The van der Waals surface area contributed by atoms with Gasteiger partial charge in [0.2, 0.25) is 5.91 Å². The normalized spacial score (nSPS) is 14.5. The fourth-order valence-corrected chi connectivity index (χ4v) is 5.16. The van der Waals surface area contributed by atoms with Crippen LogP contribution in [0.4, 0.5) is 11.4 Å². The number of halogens is 1. The summed E-state index contributed by atoms with van der Waals surface area (Å²) in [5.41, 5.74) is 0.639. The van der Waals surface area contributed by atoms with Crippen LogP contribution in [0.15, 0.2) is 58.6 Å². The highest BCUT2D eigenvalue weighted by Gasteiger charge is 2.30. The lowest BCUT2D eigenvalue weighted by Gasteiger charge is -2.14. The molecule has 1 amide bonds. The fourth-order valence-electron chi connectivity index (χ4n) is 3.84. The topological polar surface area (TPSA) is 149 Å². The summed E-state index contributed by atoms with van der Waals surface area (Å²) in [6, 6.07) is 12.0. The molecule has 0 aliphatic carbocycles. The smallest absolute Gasteiger partial charge is 0.270 e. The number of nitriles is 1. The van der Waals surface area contributed by atoms with Crippen molar-refractivity contribution in [2.75, 3.05) is 11.1 Å². The number of nitrogens with zero attached hydrogens (tertiary/aromatic N) is 6. The summed E-state index contributed by atoms with van der Waals surface area (Å²) in [6.07, 6.45) is 1.40. The lowest BCUT2D eigenvalue weighted by atomic mass is 10.1. The molecule has 2 aromatic heterocycles. The Hall–Kier alpha value is -4.21. The zero-order chi connectivity index (χ0) is 24.7. The van der Waals surface area contributed by atoms with Gasteiger partial charge in [0.05, 0.1) is 34.1 Å². The fraction of sp³-hybridized carbons (Fsp3) is 0.136. The van der Waals surface area contributed by atoms with Crippen LogP contribution in [0.25, 0.3) is 16.7 Å². The van der Waals surface area contributed by atoms with Gasteiger partial charge in [-0.1, -0.05) is 29.4 Å². The van der Waals surface area contributed by atoms with E-state index >= 15 is 0 Å². The minimum Gasteiger partial charge on any atom is -0.325 e. The minimum atomic E-state index is -0.617. The number of nitro benzene ring substituents is 1. The maximum atomic E-state index is 13.3. The highest BCUT2D eigenvalue weighted by Crippen LogP contribution is 2.34. The highest BCUT2D eigenvalue weighted by atomic mass is 35.5. The number of amides is 1. The van der Waals surface area contributed by atoms with Crippen LogP contribution in [-0.2, 0) is 4.79 Å². The summed E-state index contributed by atoms with van der Waals surface area (Å²) in [4.78, 5) is 40.9. The number of non-ortho nitro benzene ring substituents is 1. The van der Waals surface area contributed by atoms with Gasteiger partial charge in [-0.2, -0.15) is 10.4 Å². The van der Waals surface area contributed by atoms with E-state index < -0.39 is 16.9 Å². The van der Waals surface area contributed by atoms with Gasteiger partial charge in [-0.25, -0.2) is 9.67 Å². The van der Waals surface area contributed by atoms with Gasteiger partial charge in [0, 0.05) is 29.3 Å². The first-order valence-electron chi connectivity index (χ1n) is 10.2. The number of rotatable bonds is 5. The lowest BCUT2D eigenvalue weighted by molar-refractivity contribution is -0.384. The second-order valence-corrected chi connectivity index (χ2v) is 9.08. The number of nitrogens with one attached hydrogen (secondary N) is 1. The SMILES string of the molecule is N#Cc1cc([N+](=O)[O-])ccc1NC(=O)CC1CSc2nc3c(cnn3-c3cccc(Cl)c3)c(=O)n21. The Labute approximate surface area is 206 Å². The number of carbonyl (C=O) groups is 1. The number of carbonyl (C=O) groups excluding carboxylic acids is 1. The number of nitro groups is 1. The molecule has 1 aliphatic rings. The minimum absolute atomic E-state index is 0.0253. The van der Waals surface area contributed by atoms with Gasteiger partial charge >= 0.3 is 0 Å². The average molecular weight is 508 g/mol. The molecule has 0 bridgehead atoms. The van der Waals surface area contributed by atoms with E-state index in [0.717, 1.165) is 6.07 Å². The number of hydrogen-bond acceptors (Lipinski definition) is 8. The predicted molar refractivity (Wildman–Crippen MR) is 129 cm³/mol. The summed E-state index contributed by atoms with van der Waals surface area (Å²) in [6.45, 7) is 0. The first-order chi connectivity index (χ1) is 16.9. The van der Waals surface area contributed by atoms with Crippen LogP contribution in [0.1, 0.15) is 18.0 Å². The first kappa shape index (κ1) is 22.6. The van der Waals surface area contributed by atoms with Gasteiger partial charge in [0.15, 0.2) is 10.8 Å². The largest absolute Gasteiger partial charge is 0.325 e. The number of thioether (sulfide) groups is 1. The number of hydrogen-bond donors (Lipinski definition) is 1. The van der Waals surface area contributed by atoms with Gasteiger partial charge in [0.25, 0.3) is 11.2 Å². The zero-order valence-electron chi connectivity index (χ0n) is 17.7. The summed E-state index contributed by atoms with van der Waals surface area (Å²) in [7, 11) is 0. The van der Waals surface area contributed by atoms with Crippen molar-refractivity contribution < 1.29 is 9.72 Å². The third-order valence-corrected chi connectivity index (χ3v) is 6.79. The summed E-state index contributed by atoms with van der Waals surface area (Å²) >= 11 is 7.44. The van der Waals surface area contributed by atoms with Gasteiger partial charge in [-0.15, -0.1) is 0 Å². The Kier molecular flexibility index (Phi) is 5.72. The molecular weight excluding hydrogens is 494 g/mol. The van der Waals surface area contributed by atoms with Crippen LogP contribution in [0, 0.1) is 21.4 Å². The lowest BCUT2D eigenvalue weighted by Crippen LogP contribution is -2.28. The number of benzene rings is 2. The van der Waals surface area contributed by atoms with Crippen molar-refractivity contribution in [3.63, 3.8) is 0 Å². The van der Waals surface area contributed by atoms with Crippen molar-refractivity contribution in [2.24, 2.45) is 0 Å². The summed E-state index contributed by atoms with van der Waals surface area (Å²) in [5.74, 6) is 0.0218. The molecule has 13 heteroatoms. The van der Waals surface area contributed by atoms with Crippen LogP contribution in [-0.4, -0.2) is 35.9 Å². The van der Waals surface area contributed by atoms with Crippen LogP contribution in [0.3, 0.4) is 0 Å². The molecule has 4 aromatic rings. The molecule has 1 atom stereocenters. The van der Waals surface area contributed by atoms with E-state index in [1.807, 2.05) is 6.07 Å². The Bertz CT molecular complexity index is 1620. The Morgan fingerprint density at radius 2 is 2.17 bits per heavy atom. The Morgan fingerprint density at radius 3 is 2.91 bits per heavy atom. The Morgan fingerprint density at radius 1 is 1.34 bits per heavy atom. The molecule has 1 N–H and O–H groups in total. The van der Waals surface area contributed by atoms with E-state index in [1.54, 1.807) is 28.9 Å². The van der Waals surface area contributed by atoms with E-state index in [1.165, 1.54) is 34.7 Å². The van der Waals surface area contributed by atoms with Crippen molar-refractivity contribution >= 4 is 51.7 Å². The third kappa shape index (κ3) is 4.11. The number of aromatic nitrogens is 4. The number of fused-ring (bicyclic) bond motifs is 2. The molecule has 0 spiro atoms. The molecule has 1 unspecified atom stereocenters. The van der Waals surface area contributed by atoms with Gasteiger partial charge in [0.1, 0.15) is 11.5 Å². The quantitative estimate of drug-likeness (QED) is 0.244. The van der Waals surface area contributed by atoms with Crippen LogP contribution in [0.2, 0.25) is 5.02 Å². The standard InChI is InChI=1S/C22H14ClN7O4S/c23-13-2-1-3-14(7-13)29-20-17(10-25-29)21(32)28-16(11-35-22(28)27-20)8-19(31)26-18-5-4-15(30(33)34)6-12(18)9-24/h1-7,10,16H,8,11H2,(H,26,31). The maximum absolute atomic E-state index is 13.3. The van der Waals surface area contributed by atoms with E-state index in [2.05, 4.69) is 15.4 Å². The van der Waals surface area contributed by atoms with Gasteiger partial charge in [-0.05, 0) is 24.3 Å². The second kappa shape index (κ2) is 8.86. The van der Waals surface area contributed by atoms with E-state index in [4.69, 9.17) is 11.6 Å². The molecule has 35 heavy (non-hydrogen) atoms. The van der Waals surface area contributed by atoms with Crippen molar-refractivity contribution in [1.29, 1.82) is 5.26 Å². The zero-order valence-corrected chi connectivity index (χ0v) is 19.3. The molecule has 0 saturated heterocycles. The molecule has 1 aliphatic heterocycles. The van der Waals surface area contributed by atoms with E-state index in [-0.39, 0.29) is 28.9 Å². The highest BCUT2D eigenvalue weighted by molar-refractivity contribution is 7.99. The predicted octanol–water partition coefficient (Wildman–Crippen LogP) is 3.69. The molecule has 5 rings (SSSR count). The Balaban J connectivity index is 1.42. The molecule has 3 heterocycles. The molecule has 0 radical (unpaired) electrons. The van der Waals surface area contributed by atoms with Gasteiger partial charge < -0.3 is 5.32 Å². The van der Waals surface area contributed by atoms with Crippen molar-refractivity contribution in [3.05, 3.63) is 79.7 Å². The van der Waals surface area contributed by atoms with Crippen LogP contribution < -0.4 is 10.9 Å². The van der Waals surface area contributed by atoms with E-state index in [9.17, 15) is 25.0 Å². The summed E-state index contributed by atoms with van der Waals surface area (Å²) < 4.78 is 3.03. The molecule has 2 aromatic carbocycles. The van der Waals surface area contributed by atoms with Crippen LogP contribution >= 0.6 is 23.4 Å². The summed E-state index contributed by atoms with van der Waals surface area (Å²) in [5, 5.41) is 28.4.